The maximum Gasteiger partial charge on any atom is 0.326 e. The number of hydrogen-bond donors (Lipinski definition) is 3. The molecule has 0 heterocycles. The number of carboxylic acid groups (broad SMARTS) is 1. The highest BCUT2D eigenvalue weighted by molar-refractivity contribution is 5.83. The molecule has 1 amide bonds. The van der Waals surface area contributed by atoms with Gasteiger partial charge >= 0.3 is 11.9 Å². The summed E-state index contributed by atoms with van der Waals surface area (Å²) in [6.07, 6.45) is 63.9. The van der Waals surface area contributed by atoms with Gasteiger partial charge in [-0.1, -0.05) is 183 Å². The summed E-state index contributed by atoms with van der Waals surface area (Å²) in [5.41, 5.74) is 5.50. The molecule has 0 saturated heterocycles. The number of esters is 1. The molecule has 0 aromatic carbocycles. The van der Waals surface area contributed by atoms with E-state index in [2.05, 4.69) is 92.1 Å². The van der Waals surface area contributed by atoms with Gasteiger partial charge in [-0.15, -0.1) is 0 Å². The van der Waals surface area contributed by atoms with Crippen molar-refractivity contribution in [3.05, 3.63) is 72.9 Å². The Hall–Kier alpha value is -3.19. The molecule has 7 nitrogen and oxygen atoms in total. The third kappa shape index (κ3) is 44.9. The molecule has 0 aromatic rings. The SMILES string of the molecule is CC/C=C\C/C=C\C/C=C\C/C=C\CCCCCCCCCCCCC(=O)OC(CCC/C=C\C/C=C\CCCCCCC)CCCCCCCC(=O)NC(CCCN)C(=O)O. The largest absolute Gasteiger partial charge is 0.480 e. The van der Waals surface area contributed by atoms with Crippen LogP contribution in [0.1, 0.15) is 239 Å². The summed E-state index contributed by atoms with van der Waals surface area (Å²) in [5, 5.41) is 12.0. The fraction of sp³-hybridized carbons (Fsp3) is 0.727. The van der Waals surface area contributed by atoms with E-state index >= 15 is 0 Å². The van der Waals surface area contributed by atoms with Gasteiger partial charge in [0, 0.05) is 12.8 Å². The molecule has 0 spiro atoms. The van der Waals surface area contributed by atoms with Gasteiger partial charge in [0.2, 0.25) is 5.91 Å². The van der Waals surface area contributed by atoms with Gasteiger partial charge < -0.3 is 20.9 Å². The van der Waals surface area contributed by atoms with E-state index in [4.69, 9.17) is 10.5 Å². The fourth-order valence-electron chi connectivity index (χ4n) is 7.42. The number of rotatable bonds is 46. The molecule has 0 aliphatic carbocycles. The van der Waals surface area contributed by atoms with Crippen molar-refractivity contribution in [2.75, 3.05) is 6.54 Å². The van der Waals surface area contributed by atoms with Crippen LogP contribution in [0.2, 0.25) is 0 Å². The van der Waals surface area contributed by atoms with Crippen LogP contribution in [-0.2, 0) is 19.1 Å². The average molecular weight is 865 g/mol. The number of carbonyl (C=O) groups is 3. The predicted molar refractivity (Wildman–Crippen MR) is 266 cm³/mol. The molecule has 0 fully saturated rings. The summed E-state index contributed by atoms with van der Waals surface area (Å²) in [6.45, 7) is 4.83. The Bertz CT molecular complexity index is 1200. The monoisotopic (exact) mass is 865 g/mol. The molecule has 0 aliphatic heterocycles. The molecule has 0 aromatic heterocycles. The highest BCUT2D eigenvalue weighted by Crippen LogP contribution is 2.18. The van der Waals surface area contributed by atoms with Gasteiger partial charge in [0.05, 0.1) is 0 Å². The highest BCUT2D eigenvalue weighted by Gasteiger charge is 2.19. The molecule has 356 valence electrons. The second kappa shape index (κ2) is 48.8. The number of nitrogens with one attached hydrogen (secondary N) is 1. The molecule has 0 bridgehead atoms. The van der Waals surface area contributed by atoms with Crippen LogP contribution in [0.3, 0.4) is 0 Å². The zero-order chi connectivity index (χ0) is 45.2. The fourth-order valence-corrected chi connectivity index (χ4v) is 7.42. The van der Waals surface area contributed by atoms with E-state index in [1.807, 2.05) is 0 Å². The quantitative estimate of drug-likeness (QED) is 0.0319. The predicted octanol–water partition coefficient (Wildman–Crippen LogP) is 15.5. The van der Waals surface area contributed by atoms with Gasteiger partial charge in [0.15, 0.2) is 0 Å². The lowest BCUT2D eigenvalue weighted by atomic mass is 10.0. The van der Waals surface area contributed by atoms with Crippen molar-refractivity contribution in [3.8, 4) is 0 Å². The van der Waals surface area contributed by atoms with Gasteiger partial charge in [-0.2, -0.15) is 0 Å². The van der Waals surface area contributed by atoms with Crippen LogP contribution in [0.25, 0.3) is 0 Å². The summed E-state index contributed by atoms with van der Waals surface area (Å²) in [7, 11) is 0. The molecule has 0 aliphatic rings. The number of allylic oxidation sites excluding steroid dienone is 12. The normalized spacial score (nSPS) is 13.2. The van der Waals surface area contributed by atoms with Crippen LogP contribution in [0, 0.1) is 0 Å². The lowest BCUT2D eigenvalue weighted by Crippen LogP contribution is -2.40. The second-order valence-corrected chi connectivity index (χ2v) is 17.2. The lowest BCUT2D eigenvalue weighted by molar-refractivity contribution is -0.150. The second-order valence-electron chi connectivity index (χ2n) is 17.2. The first-order valence-corrected chi connectivity index (χ1v) is 25.8. The van der Waals surface area contributed by atoms with Crippen molar-refractivity contribution >= 4 is 17.8 Å². The van der Waals surface area contributed by atoms with Crippen LogP contribution in [-0.4, -0.2) is 41.6 Å². The average Bonchev–Trinajstić information content (AvgIpc) is 3.26. The highest BCUT2D eigenvalue weighted by atomic mass is 16.5. The number of carboxylic acids is 1. The van der Waals surface area contributed by atoms with Crippen molar-refractivity contribution in [2.45, 2.75) is 251 Å². The smallest absolute Gasteiger partial charge is 0.326 e. The van der Waals surface area contributed by atoms with Crippen LogP contribution < -0.4 is 11.1 Å². The minimum absolute atomic E-state index is 0.0373. The van der Waals surface area contributed by atoms with Crippen molar-refractivity contribution in [1.82, 2.24) is 5.32 Å². The first kappa shape index (κ1) is 58.8. The summed E-state index contributed by atoms with van der Waals surface area (Å²) in [5.74, 6) is -1.27. The van der Waals surface area contributed by atoms with Crippen LogP contribution in [0.5, 0.6) is 0 Å². The number of aliphatic carboxylic acids is 1. The zero-order valence-corrected chi connectivity index (χ0v) is 40.2. The Morgan fingerprint density at radius 3 is 1.40 bits per heavy atom. The van der Waals surface area contributed by atoms with Crippen molar-refractivity contribution in [1.29, 1.82) is 0 Å². The molecule has 62 heavy (non-hydrogen) atoms. The Kier molecular flexibility index (Phi) is 46.3. The Morgan fingerprint density at radius 2 is 0.903 bits per heavy atom. The van der Waals surface area contributed by atoms with Gasteiger partial charge in [0.25, 0.3) is 0 Å². The van der Waals surface area contributed by atoms with E-state index in [1.165, 1.54) is 96.3 Å². The first-order chi connectivity index (χ1) is 30.4. The van der Waals surface area contributed by atoms with E-state index in [9.17, 15) is 19.5 Å². The Morgan fingerprint density at radius 1 is 0.484 bits per heavy atom. The third-order valence-electron chi connectivity index (χ3n) is 11.3. The number of hydrogen-bond acceptors (Lipinski definition) is 5. The number of unbranched alkanes of at least 4 members (excludes halogenated alkanes) is 20. The summed E-state index contributed by atoms with van der Waals surface area (Å²) < 4.78 is 6.06. The van der Waals surface area contributed by atoms with Crippen LogP contribution in [0.4, 0.5) is 0 Å². The summed E-state index contributed by atoms with van der Waals surface area (Å²) in [6, 6.07) is -0.864. The maximum absolute atomic E-state index is 12.9. The van der Waals surface area contributed by atoms with E-state index < -0.39 is 12.0 Å². The van der Waals surface area contributed by atoms with Gasteiger partial charge in [-0.25, -0.2) is 4.79 Å². The Labute approximate surface area is 382 Å². The molecular formula is C55H96N2O5. The van der Waals surface area contributed by atoms with Gasteiger partial charge in [0.1, 0.15) is 12.1 Å². The zero-order valence-electron chi connectivity index (χ0n) is 40.2. The van der Waals surface area contributed by atoms with Crippen LogP contribution >= 0.6 is 0 Å². The lowest BCUT2D eigenvalue weighted by Gasteiger charge is -2.18. The van der Waals surface area contributed by atoms with Crippen molar-refractivity contribution < 1.29 is 24.2 Å². The maximum atomic E-state index is 12.9. The molecule has 0 rings (SSSR count). The number of amides is 1. The van der Waals surface area contributed by atoms with Gasteiger partial charge in [-0.05, 0) is 122 Å². The molecular weight excluding hydrogens is 769 g/mol. The third-order valence-corrected chi connectivity index (χ3v) is 11.3. The molecule has 7 heteroatoms. The summed E-state index contributed by atoms with van der Waals surface area (Å²) >= 11 is 0. The number of ether oxygens (including phenoxy) is 1. The summed E-state index contributed by atoms with van der Waals surface area (Å²) in [4.78, 5) is 36.5. The molecule has 0 radical (unpaired) electrons. The van der Waals surface area contributed by atoms with E-state index in [0.717, 1.165) is 103 Å². The minimum Gasteiger partial charge on any atom is -0.480 e. The molecule has 2 atom stereocenters. The van der Waals surface area contributed by atoms with E-state index in [-0.39, 0.29) is 18.0 Å². The minimum atomic E-state index is -1.01. The first-order valence-electron chi connectivity index (χ1n) is 25.8. The van der Waals surface area contributed by atoms with Crippen molar-refractivity contribution in [2.24, 2.45) is 5.73 Å². The Balaban J connectivity index is 4.28. The van der Waals surface area contributed by atoms with Crippen molar-refractivity contribution in [3.63, 3.8) is 0 Å². The molecule has 0 saturated carbocycles. The van der Waals surface area contributed by atoms with E-state index in [1.54, 1.807) is 0 Å². The standard InChI is InChI=1S/C55H96N2O5/c1-3-5-7-9-11-13-15-17-18-19-20-21-22-23-24-25-26-28-30-32-34-39-43-49-54(59)62-51(45-40-36-33-31-29-27-16-14-12-10-8-6-4-2)46-41-37-35-38-42-48-53(58)57-52(55(60)61)47-44-50-56/h5,7,11,13,16-18,20-21,27,31,33,51-52H,3-4,6,8-10,12,14-15,19,22-26,28-30,32,34-50,56H2,1-2H3,(H,57,58)(H,60,61)/b7-5-,13-11-,18-17-,21-20-,27-16-,33-31-. The molecule has 2 unspecified atom stereocenters. The van der Waals surface area contributed by atoms with E-state index in [0.29, 0.717) is 32.2 Å². The van der Waals surface area contributed by atoms with Crippen LogP contribution in [0.15, 0.2) is 72.9 Å². The number of nitrogens with two attached hydrogens (primary N) is 1. The molecule has 4 N–H and O–H groups in total. The van der Waals surface area contributed by atoms with Gasteiger partial charge in [-0.3, -0.25) is 9.59 Å². The number of carbonyl (C=O) groups excluding carboxylic acids is 2. The topological polar surface area (TPSA) is 119 Å².